The van der Waals surface area contributed by atoms with Crippen molar-refractivity contribution in [3.63, 3.8) is 0 Å². The summed E-state index contributed by atoms with van der Waals surface area (Å²) in [6.45, 7) is 1.67. The first-order valence-corrected chi connectivity index (χ1v) is 5.97. The molecule has 1 aromatic rings. The van der Waals surface area contributed by atoms with E-state index in [1.165, 1.54) is 0 Å². The first-order chi connectivity index (χ1) is 8.29. The van der Waals surface area contributed by atoms with E-state index in [-0.39, 0.29) is 5.91 Å². The summed E-state index contributed by atoms with van der Waals surface area (Å²) in [4.78, 5) is 11.5. The van der Waals surface area contributed by atoms with Crippen LogP contribution in [0.4, 0.5) is 5.69 Å². The van der Waals surface area contributed by atoms with Gasteiger partial charge in [-0.1, -0.05) is 6.07 Å². The van der Waals surface area contributed by atoms with Crippen LogP contribution in [0.25, 0.3) is 0 Å². The number of ether oxygens (including phenoxy) is 1. The Morgan fingerprint density at radius 3 is 3.12 bits per heavy atom. The van der Waals surface area contributed by atoms with Crippen molar-refractivity contribution in [2.75, 3.05) is 25.5 Å². The van der Waals surface area contributed by atoms with Crippen molar-refractivity contribution in [3.05, 3.63) is 29.8 Å². The number of benzene rings is 1. The van der Waals surface area contributed by atoms with Gasteiger partial charge < -0.3 is 15.4 Å². The van der Waals surface area contributed by atoms with Crippen molar-refractivity contribution in [1.82, 2.24) is 5.32 Å². The molecule has 1 unspecified atom stereocenters. The molecule has 4 heteroatoms. The molecule has 1 aromatic carbocycles. The molecule has 1 saturated heterocycles. The quantitative estimate of drug-likeness (QED) is 0.832. The second kappa shape index (κ2) is 5.68. The van der Waals surface area contributed by atoms with Crippen molar-refractivity contribution in [2.24, 2.45) is 0 Å². The maximum absolute atomic E-state index is 11.5. The number of anilines is 1. The van der Waals surface area contributed by atoms with Crippen LogP contribution in [0.1, 0.15) is 23.2 Å². The summed E-state index contributed by atoms with van der Waals surface area (Å²) in [7, 11) is 1.63. The number of amides is 1. The average molecular weight is 234 g/mol. The van der Waals surface area contributed by atoms with Crippen LogP contribution < -0.4 is 10.6 Å². The van der Waals surface area contributed by atoms with E-state index in [2.05, 4.69) is 10.6 Å². The van der Waals surface area contributed by atoms with E-state index >= 15 is 0 Å². The Labute approximate surface area is 101 Å². The predicted molar refractivity (Wildman–Crippen MR) is 67.3 cm³/mol. The van der Waals surface area contributed by atoms with Gasteiger partial charge >= 0.3 is 0 Å². The van der Waals surface area contributed by atoms with Crippen LogP contribution in [-0.2, 0) is 4.74 Å². The number of rotatable bonds is 4. The summed E-state index contributed by atoms with van der Waals surface area (Å²) >= 11 is 0. The molecular weight excluding hydrogens is 216 g/mol. The van der Waals surface area contributed by atoms with E-state index in [1.54, 1.807) is 13.1 Å². The van der Waals surface area contributed by atoms with Crippen LogP contribution in [0.3, 0.4) is 0 Å². The number of hydrogen-bond acceptors (Lipinski definition) is 3. The topological polar surface area (TPSA) is 50.4 Å². The molecule has 1 aliphatic heterocycles. The van der Waals surface area contributed by atoms with Gasteiger partial charge in [0.25, 0.3) is 5.91 Å². The number of hydrogen-bond donors (Lipinski definition) is 2. The summed E-state index contributed by atoms with van der Waals surface area (Å²) < 4.78 is 5.53. The molecule has 2 rings (SSSR count). The summed E-state index contributed by atoms with van der Waals surface area (Å²) in [5, 5.41) is 5.92. The molecule has 1 fully saturated rings. The fourth-order valence-electron chi connectivity index (χ4n) is 1.95. The zero-order valence-electron chi connectivity index (χ0n) is 10.0. The molecule has 1 atom stereocenters. The molecular formula is C13H18N2O2. The van der Waals surface area contributed by atoms with Gasteiger partial charge in [0.15, 0.2) is 0 Å². The first-order valence-electron chi connectivity index (χ1n) is 5.97. The second-order valence-corrected chi connectivity index (χ2v) is 4.18. The van der Waals surface area contributed by atoms with Gasteiger partial charge in [0.1, 0.15) is 0 Å². The lowest BCUT2D eigenvalue weighted by Gasteiger charge is -2.12. The lowest BCUT2D eigenvalue weighted by molar-refractivity contribution is 0.0963. The monoisotopic (exact) mass is 234 g/mol. The molecule has 0 aromatic heterocycles. The summed E-state index contributed by atoms with van der Waals surface area (Å²) in [5.41, 5.74) is 1.63. The van der Waals surface area contributed by atoms with Crippen molar-refractivity contribution in [3.8, 4) is 0 Å². The highest BCUT2D eigenvalue weighted by atomic mass is 16.5. The molecule has 1 heterocycles. The van der Waals surface area contributed by atoms with Crippen molar-refractivity contribution < 1.29 is 9.53 Å². The molecule has 0 spiro atoms. The van der Waals surface area contributed by atoms with Gasteiger partial charge in [-0.3, -0.25) is 4.79 Å². The van der Waals surface area contributed by atoms with Crippen molar-refractivity contribution in [1.29, 1.82) is 0 Å². The van der Waals surface area contributed by atoms with Crippen LogP contribution >= 0.6 is 0 Å². The van der Waals surface area contributed by atoms with Gasteiger partial charge in [0.2, 0.25) is 0 Å². The fourth-order valence-corrected chi connectivity index (χ4v) is 1.95. The highest BCUT2D eigenvalue weighted by Gasteiger charge is 2.14. The minimum atomic E-state index is -0.0641. The van der Waals surface area contributed by atoms with Crippen LogP contribution in [0.15, 0.2) is 24.3 Å². The van der Waals surface area contributed by atoms with Crippen LogP contribution in [0.5, 0.6) is 0 Å². The van der Waals surface area contributed by atoms with Gasteiger partial charge in [0.05, 0.1) is 6.10 Å². The van der Waals surface area contributed by atoms with E-state index in [0.29, 0.717) is 11.7 Å². The van der Waals surface area contributed by atoms with Crippen LogP contribution in [-0.4, -0.2) is 32.2 Å². The Morgan fingerprint density at radius 1 is 1.53 bits per heavy atom. The summed E-state index contributed by atoms with van der Waals surface area (Å²) in [5.74, 6) is -0.0641. The minimum Gasteiger partial charge on any atom is -0.382 e. The third kappa shape index (κ3) is 3.20. The number of carbonyl (C=O) groups excluding carboxylic acids is 1. The van der Waals surface area contributed by atoms with E-state index in [4.69, 9.17) is 4.74 Å². The third-order valence-corrected chi connectivity index (χ3v) is 2.91. The molecule has 0 aliphatic carbocycles. The molecule has 0 bridgehead atoms. The van der Waals surface area contributed by atoms with Gasteiger partial charge in [-0.05, 0) is 31.0 Å². The summed E-state index contributed by atoms with van der Waals surface area (Å²) in [6, 6.07) is 7.49. The number of carbonyl (C=O) groups is 1. The van der Waals surface area contributed by atoms with E-state index in [0.717, 1.165) is 31.7 Å². The highest BCUT2D eigenvalue weighted by molar-refractivity contribution is 5.94. The zero-order chi connectivity index (χ0) is 12.1. The van der Waals surface area contributed by atoms with Crippen LogP contribution in [0, 0.1) is 0 Å². The highest BCUT2D eigenvalue weighted by Crippen LogP contribution is 2.15. The zero-order valence-corrected chi connectivity index (χ0v) is 10.0. The Kier molecular flexibility index (Phi) is 3.98. The molecule has 17 heavy (non-hydrogen) atoms. The van der Waals surface area contributed by atoms with Crippen molar-refractivity contribution in [2.45, 2.75) is 18.9 Å². The minimum absolute atomic E-state index is 0.0641. The normalized spacial score (nSPS) is 19.0. The largest absolute Gasteiger partial charge is 0.382 e. The maximum atomic E-state index is 11.5. The van der Waals surface area contributed by atoms with Crippen LogP contribution in [0.2, 0.25) is 0 Å². The molecule has 1 amide bonds. The van der Waals surface area contributed by atoms with Crippen molar-refractivity contribution >= 4 is 11.6 Å². The molecule has 92 valence electrons. The molecule has 1 aliphatic rings. The molecule has 0 radical (unpaired) electrons. The van der Waals surface area contributed by atoms with Gasteiger partial charge in [0, 0.05) is 31.5 Å². The SMILES string of the molecule is CNC(=O)c1cccc(NCC2CCCO2)c1. The lowest BCUT2D eigenvalue weighted by atomic mass is 10.2. The summed E-state index contributed by atoms with van der Waals surface area (Å²) in [6.07, 6.45) is 2.56. The average Bonchev–Trinajstić information content (AvgIpc) is 2.89. The fraction of sp³-hybridized carbons (Fsp3) is 0.462. The smallest absolute Gasteiger partial charge is 0.251 e. The van der Waals surface area contributed by atoms with E-state index in [9.17, 15) is 4.79 Å². The van der Waals surface area contributed by atoms with E-state index < -0.39 is 0 Å². The van der Waals surface area contributed by atoms with E-state index in [1.807, 2.05) is 18.2 Å². The maximum Gasteiger partial charge on any atom is 0.251 e. The predicted octanol–water partition coefficient (Wildman–Crippen LogP) is 1.64. The second-order valence-electron chi connectivity index (χ2n) is 4.18. The Morgan fingerprint density at radius 2 is 2.41 bits per heavy atom. The first kappa shape index (κ1) is 11.9. The van der Waals surface area contributed by atoms with Gasteiger partial charge in [-0.25, -0.2) is 0 Å². The van der Waals surface area contributed by atoms with Gasteiger partial charge in [-0.2, -0.15) is 0 Å². The Hall–Kier alpha value is -1.55. The molecule has 4 nitrogen and oxygen atoms in total. The standard InChI is InChI=1S/C13H18N2O2/c1-14-13(16)10-4-2-5-11(8-10)15-9-12-6-3-7-17-12/h2,4-5,8,12,15H,3,6-7,9H2,1H3,(H,14,16). The Bertz CT molecular complexity index is 387. The number of nitrogens with one attached hydrogen (secondary N) is 2. The lowest BCUT2D eigenvalue weighted by Crippen LogP contribution is -2.20. The molecule has 2 N–H and O–H groups in total. The Balaban J connectivity index is 1.93. The van der Waals surface area contributed by atoms with Gasteiger partial charge in [-0.15, -0.1) is 0 Å². The molecule has 0 saturated carbocycles. The third-order valence-electron chi connectivity index (χ3n) is 2.91.